The van der Waals surface area contributed by atoms with Gasteiger partial charge < -0.3 is 10.2 Å². The van der Waals surface area contributed by atoms with E-state index in [-0.39, 0.29) is 17.6 Å². The Morgan fingerprint density at radius 3 is 2.37 bits per heavy atom. The lowest BCUT2D eigenvalue weighted by molar-refractivity contribution is -0.126. The summed E-state index contributed by atoms with van der Waals surface area (Å²) >= 11 is 12.2. The normalized spacial score (nSPS) is 16.6. The predicted octanol–water partition coefficient (Wildman–Crippen LogP) is 2.60. The highest BCUT2D eigenvalue weighted by Gasteiger charge is 2.31. The van der Waals surface area contributed by atoms with E-state index in [1.54, 1.807) is 18.2 Å². The van der Waals surface area contributed by atoms with Gasteiger partial charge in [-0.05, 0) is 52.0 Å². The number of hydrogen-bond acceptors (Lipinski definition) is 4. The van der Waals surface area contributed by atoms with Gasteiger partial charge >= 0.3 is 0 Å². The van der Waals surface area contributed by atoms with Gasteiger partial charge in [-0.15, -0.1) is 0 Å². The molecule has 0 aromatic heterocycles. The fraction of sp³-hybridized carbons (Fsp3) is 0.611. The minimum atomic E-state index is -3.53. The molecule has 1 N–H and O–H groups in total. The summed E-state index contributed by atoms with van der Waals surface area (Å²) in [6.45, 7) is 2.22. The average molecular weight is 436 g/mol. The number of rotatable bonds is 8. The highest BCUT2D eigenvalue weighted by molar-refractivity contribution is 7.88. The smallest absolute Gasteiger partial charge is 0.223 e. The van der Waals surface area contributed by atoms with E-state index in [9.17, 15) is 13.2 Å². The summed E-state index contributed by atoms with van der Waals surface area (Å²) in [7, 11) is 0.454. The van der Waals surface area contributed by atoms with E-state index >= 15 is 0 Å². The highest BCUT2D eigenvalue weighted by atomic mass is 35.5. The second kappa shape index (κ2) is 10.1. The predicted molar refractivity (Wildman–Crippen MR) is 110 cm³/mol. The van der Waals surface area contributed by atoms with Gasteiger partial charge in [-0.3, -0.25) is 4.79 Å². The molecule has 1 aromatic carbocycles. The molecular weight excluding hydrogens is 409 g/mol. The molecule has 1 aliphatic heterocycles. The first-order valence-electron chi connectivity index (χ1n) is 9.04. The second-order valence-corrected chi connectivity index (χ2v) is 9.86. The van der Waals surface area contributed by atoms with E-state index < -0.39 is 10.0 Å². The monoisotopic (exact) mass is 435 g/mol. The summed E-state index contributed by atoms with van der Waals surface area (Å²) in [6, 6.07) is 4.94. The lowest BCUT2D eigenvalue weighted by Gasteiger charge is -2.30. The van der Waals surface area contributed by atoms with Crippen LogP contribution in [0.2, 0.25) is 10.0 Å². The fourth-order valence-corrected chi connectivity index (χ4v) is 5.41. The van der Waals surface area contributed by atoms with E-state index in [1.165, 1.54) is 4.31 Å². The standard InChI is InChI=1S/C18H27Cl2N3O3S/c1-22(2)10-4-9-21-18(24)14-7-11-23(12-8-14)27(25,26)13-15-16(19)5-3-6-17(15)20/h3,5-6,14H,4,7-13H2,1-2H3,(H,21,24). The quantitative estimate of drug-likeness (QED) is 0.637. The number of nitrogens with one attached hydrogen (secondary N) is 1. The third-order valence-corrected chi connectivity index (χ3v) is 7.20. The maximum Gasteiger partial charge on any atom is 0.223 e. The summed E-state index contributed by atoms with van der Waals surface area (Å²) in [5.74, 6) is -0.355. The van der Waals surface area contributed by atoms with Crippen molar-refractivity contribution in [3.05, 3.63) is 33.8 Å². The van der Waals surface area contributed by atoms with Crippen molar-refractivity contribution in [2.75, 3.05) is 40.3 Å². The molecule has 1 amide bonds. The molecule has 0 atom stereocenters. The Balaban J connectivity index is 1.86. The molecule has 27 heavy (non-hydrogen) atoms. The molecule has 0 bridgehead atoms. The van der Waals surface area contributed by atoms with Gasteiger partial charge in [0.05, 0.1) is 5.75 Å². The van der Waals surface area contributed by atoms with Crippen LogP contribution in [0.3, 0.4) is 0 Å². The van der Waals surface area contributed by atoms with Crippen LogP contribution in [-0.2, 0) is 20.6 Å². The third kappa shape index (κ3) is 6.61. The van der Waals surface area contributed by atoms with Crippen molar-refractivity contribution in [3.63, 3.8) is 0 Å². The van der Waals surface area contributed by atoms with Crippen molar-refractivity contribution in [1.82, 2.24) is 14.5 Å². The number of amides is 1. The SMILES string of the molecule is CN(C)CCCNC(=O)C1CCN(S(=O)(=O)Cc2c(Cl)cccc2Cl)CC1. The zero-order chi connectivity index (χ0) is 20.0. The van der Waals surface area contributed by atoms with Gasteiger partial charge in [-0.2, -0.15) is 0 Å². The Labute approximate surface area is 171 Å². The molecule has 1 fully saturated rings. The van der Waals surface area contributed by atoms with Crippen molar-refractivity contribution < 1.29 is 13.2 Å². The first-order chi connectivity index (χ1) is 12.7. The Hall–Kier alpha value is -0.860. The first kappa shape index (κ1) is 22.4. The third-order valence-electron chi connectivity index (χ3n) is 4.69. The zero-order valence-corrected chi connectivity index (χ0v) is 18.1. The molecule has 0 radical (unpaired) electrons. The molecular formula is C18H27Cl2N3O3S. The average Bonchev–Trinajstić information content (AvgIpc) is 2.62. The highest BCUT2D eigenvalue weighted by Crippen LogP contribution is 2.28. The van der Waals surface area contributed by atoms with Gasteiger partial charge in [0, 0.05) is 41.2 Å². The van der Waals surface area contributed by atoms with Crippen LogP contribution in [0, 0.1) is 5.92 Å². The summed E-state index contributed by atoms with van der Waals surface area (Å²) in [4.78, 5) is 14.3. The molecule has 6 nitrogen and oxygen atoms in total. The zero-order valence-electron chi connectivity index (χ0n) is 15.7. The molecule has 9 heteroatoms. The topological polar surface area (TPSA) is 69.7 Å². The molecule has 1 saturated heterocycles. The van der Waals surface area contributed by atoms with Crippen LogP contribution < -0.4 is 5.32 Å². The Kier molecular flexibility index (Phi) is 8.37. The molecule has 1 aromatic rings. The molecule has 1 heterocycles. The summed E-state index contributed by atoms with van der Waals surface area (Å²) in [6.07, 6.45) is 1.94. The number of nitrogens with zero attached hydrogens (tertiary/aromatic N) is 2. The molecule has 0 aliphatic carbocycles. The molecule has 0 saturated carbocycles. The van der Waals surface area contributed by atoms with Crippen molar-refractivity contribution in [2.45, 2.75) is 25.0 Å². The number of halogens is 2. The van der Waals surface area contributed by atoms with Gasteiger partial charge in [0.15, 0.2) is 0 Å². The summed E-state index contributed by atoms with van der Waals surface area (Å²) in [5, 5.41) is 3.64. The Morgan fingerprint density at radius 1 is 1.22 bits per heavy atom. The second-order valence-electron chi connectivity index (χ2n) is 7.08. The number of carbonyl (C=O) groups excluding carboxylic acids is 1. The lowest BCUT2D eigenvalue weighted by atomic mass is 9.97. The Morgan fingerprint density at radius 2 is 1.81 bits per heavy atom. The van der Waals surface area contributed by atoms with Crippen LogP contribution in [0.4, 0.5) is 0 Å². The van der Waals surface area contributed by atoms with E-state index in [1.807, 2.05) is 14.1 Å². The maximum absolute atomic E-state index is 12.7. The fourth-order valence-electron chi connectivity index (χ4n) is 3.09. The van der Waals surface area contributed by atoms with E-state index in [2.05, 4.69) is 10.2 Å². The van der Waals surface area contributed by atoms with Gasteiger partial charge in [0.1, 0.15) is 0 Å². The number of carbonyl (C=O) groups is 1. The van der Waals surface area contributed by atoms with Crippen LogP contribution in [0.15, 0.2) is 18.2 Å². The van der Waals surface area contributed by atoms with Crippen LogP contribution >= 0.6 is 23.2 Å². The van der Waals surface area contributed by atoms with Crippen molar-refractivity contribution >= 4 is 39.1 Å². The summed E-state index contributed by atoms with van der Waals surface area (Å²) < 4.78 is 26.9. The van der Waals surface area contributed by atoms with Crippen LogP contribution in [0.5, 0.6) is 0 Å². The van der Waals surface area contributed by atoms with Crippen molar-refractivity contribution in [3.8, 4) is 0 Å². The largest absolute Gasteiger partial charge is 0.356 e. The van der Waals surface area contributed by atoms with Crippen LogP contribution in [-0.4, -0.2) is 63.8 Å². The number of benzene rings is 1. The van der Waals surface area contributed by atoms with Crippen LogP contribution in [0.1, 0.15) is 24.8 Å². The van der Waals surface area contributed by atoms with Gasteiger partial charge in [-0.25, -0.2) is 12.7 Å². The van der Waals surface area contributed by atoms with Crippen molar-refractivity contribution in [2.24, 2.45) is 5.92 Å². The first-order valence-corrected chi connectivity index (χ1v) is 11.4. The van der Waals surface area contributed by atoms with Gasteiger partial charge in [-0.1, -0.05) is 29.3 Å². The maximum atomic E-state index is 12.7. The molecule has 0 unspecified atom stereocenters. The van der Waals surface area contributed by atoms with E-state index in [0.29, 0.717) is 48.1 Å². The van der Waals surface area contributed by atoms with Gasteiger partial charge in [0.2, 0.25) is 15.9 Å². The minimum absolute atomic E-state index is 0.0138. The lowest BCUT2D eigenvalue weighted by Crippen LogP contribution is -2.43. The van der Waals surface area contributed by atoms with Crippen molar-refractivity contribution in [1.29, 1.82) is 0 Å². The van der Waals surface area contributed by atoms with Gasteiger partial charge in [0.25, 0.3) is 0 Å². The summed E-state index contributed by atoms with van der Waals surface area (Å²) in [5.41, 5.74) is 0.418. The number of sulfonamides is 1. The van der Waals surface area contributed by atoms with E-state index in [4.69, 9.17) is 23.2 Å². The Bertz CT molecular complexity index is 728. The molecule has 2 rings (SSSR count). The molecule has 1 aliphatic rings. The number of piperidine rings is 1. The minimum Gasteiger partial charge on any atom is -0.356 e. The molecule has 0 spiro atoms. The van der Waals surface area contributed by atoms with Crippen LogP contribution in [0.25, 0.3) is 0 Å². The number of hydrogen-bond donors (Lipinski definition) is 1. The van der Waals surface area contributed by atoms with E-state index in [0.717, 1.165) is 13.0 Å². The molecule has 152 valence electrons.